The first-order valence-electron chi connectivity index (χ1n) is 6.06. The van der Waals surface area contributed by atoms with Crippen LogP contribution in [0.2, 0.25) is 0 Å². The second-order valence-corrected chi connectivity index (χ2v) is 4.65. The standard InChI is InChI=1S/C14H15BN3/c1-17-8-4-3-5-14(17)15-9-13-10-16-7-6-12(13)11-18(15)2/h3-11H,1-2H3/q+1. The summed E-state index contributed by atoms with van der Waals surface area (Å²) < 4.78 is 2.16. The molecule has 0 saturated carbocycles. The maximum atomic E-state index is 4.20. The molecule has 0 unspecified atom stereocenters. The Morgan fingerprint density at radius 3 is 2.94 bits per heavy atom. The minimum Gasteiger partial charge on any atom is -0.411 e. The third-order valence-corrected chi connectivity index (χ3v) is 3.40. The lowest BCUT2D eigenvalue weighted by atomic mass is 9.55. The average Bonchev–Trinajstić information content (AvgIpc) is 2.39. The van der Waals surface area contributed by atoms with Gasteiger partial charge in [-0.3, -0.25) is 4.98 Å². The van der Waals surface area contributed by atoms with Crippen LogP contribution in [0.25, 0.3) is 12.2 Å². The lowest BCUT2D eigenvalue weighted by Gasteiger charge is -2.21. The van der Waals surface area contributed by atoms with Gasteiger partial charge in [-0.15, -0.1) is 0 Å². The quantitative estimate of drug-likeness (QED) is 0.458. The highest BCUT2D eigenvalue weighted by Crippen LogP contribution is 1.96. The molecule has 0 spiro atoms. The van der Waals surface area contributed by atoms with Crippen molar-refractivity contribution in [3.63, 3.8) is 0 Å². The van der Waals surface area contributed by atoms with Gasteiger partial charge in [-0.1, -0.05) is 12.0 Å². The smallest absolute Gasteiger partial charge is 0.396 e. The Morgan fingerprint density at radius 1 is 1.22 bits per heavy atom. The predicted octanol–water partition coefficient (Wildman–Crippen LogP) is -1.19. The molecule has 2 aromatic rings. The Labute approximate surface area is 107 Å². The predicted molar refractivity (Wildman–Crippen MR) is 73.2 cm³/mol. The van der Waals surface area contributed by atoms with E-state index < -0.39 is 0 Å². The Balaban J connectivity index is 2.16. The van der Waals surface area contributed by atoms with Gasteiger partial charge in [0, 0.05) is 18.5 Å². The SMILES string of the molecule is CN1C=c2ccncc2=CB1c1cccc[n+]1C. The molecule has 3 heterocycles. The third-order valence-electron chi connectivity index (χ3n) is 3.40. The highest BCUT2D eigenvalue weighted by atomic mass is 15.0. The van der Waals surface area contributed by atoms with Crippen molar-refractivity contribution in [3.8, 4) is 0 Å². The van der Waals surface area contributed by atoms with Gasteiger partial charge in [0.1, 0.15) is 7.05 Å². The summed E-state index contributed by atoms with van der Waals surface area (Å²) in [5.41, 5.74) is 1.27. The number of hydrogen-bond acceptors (Lipinski definition) is 2. The molecule has 0 fully saturated rings. The van der Waals surface area contributed by atoms with Crippen molar-refractivity contribution in [1.82, 2.24) is 9.79 Å². The molecular weight excluding hydrogens is 221 g/mol. The van der Waals surface area contributed by atoms with Gasteiger partial charge >= 0.3 is 6.85 Å². The highest BCUT2D eigenvalue weighted by Gasteiger charge is 2.28. The first kappa shape index (κ1) is 11.0. The summed E-state index contributed by atoms with van der Waals surface area (Å²) in [5.74, 6) is 2.26. The van der Waals surface area contributed by atoms with Crippen LogP contribution in [0.1, 0.15) is 0 Å². The number of hydrogen-bond donors (Lipinski definition) is 0. The maximum Gasteiger partial charge on any atom is 0.396 e. The number of fused-ring (bicyclic) bond motifs is 1. The summed E-state index contributed by atoms with van der Waals surface area (Å²) in [6.45, 7) is 0.257. The fourth-order valence-electron chi connectivity index (χ4n) is 2.40. The van der Waals surface area contributed by atoms with Gasteiger partial charge in [-0.2, -0.15) is 0 Å². The van der Waals surface area contributed by atoms with Gasteiger partial charge in [-0.05, 0) is 35.8 Å². The van der Waals surface area contributed by atoms with Gasteiger partial charge < -0.3 is 4.81 Å². The summed E-state index contributed by atoms with van der Waals surface area (Å²) in [7, 11) is 4.19. The highest BCUT2D eigenvalue weighted by molar-refractivity contribution is 6.82. The monoisotopic (exact) mass is 236 g/mol. The molecule has 1 aliphatic rings. The first-order valence-corrected chi connectivity index (χ1v) is 6.06. The number of rotatable bonds is 1. The minimum absolute atomic E-state index is 0.257. The van der Waals surface area contributed by atoms with Crippen molar-refractivity contribution in [1.29, 1.82) is 0 Å². The molecule has 0 atom stereocenters. The Bertz CT molecular complexity index is 696. The van der Waals surface area contributed by atoms with Crippen molar-refractivity contribution in [2.45, 2.75) is 0 Å². The zero-order valence-corrected chi connectivity index (χ0v) is 10.6. The number of nitrogens with zero attached hydrogens (tertiary/aromatic N) is 3. The van der Waals surface area contributed by atoms with Crippen LogP contribution in [-0.2, 0) is 7.05 Å². The number of aryl methyl sites for hydroxylation is 1. The summed E-state index contributed by atoms with van der Waals surface area (Å²) in [6.07, 6.45) is 8.01. The first-order chi connectivity index (χ1) is 8.75. The maximum absolute atomic E-state index is 4.20. The number of pyridine rings is 2. The van der Waals surface area contributed by atoms with Gasteiger partial charge in [0.05, 0.1) is 0 Å². The van der Waals surface area contributed by atoms with Crippen LogP contribution in [0.3, 0.4) is 0 Å². The summed E-state index contributed by atoms with van der Waals surface area (Å²) in [5, 5.41) is 2.42. The van der Waals surface area contributed by atoms with Crippen LogP contribution in [0.5, 0.6) is 0 Å². The summed E-state index contributed by atoms with van der Waals surface area (Å²) in [4.78, 5) is 6.43. The minimum atomic E-state index is 0.257. The second kappa shape index (κ2) is 4.29. The topological polar surface area (TPSA) is 20.0 Å². The normalized spacial score (nSPS) is 13.7. The van der Waals surface area contributed by atoms with E-state index in [0.29, 0.717) is 0 Å². The zero-order chi connectivity index (χ0) is 12.5. The third kappa shape index (κ3) is 1.80. The zero-order valence-electron chi connectivity index (χ0n) is 10.6. The lowest BCUT2D eigenvalue weighted by Crippen LogP contribution is -2.60. The number of aromatic nitrogens is 2. The van der Waals surface area contributed by atoms with E-state index in [-0.39, 0.29) is 6.85 Å². The van der Waals surface area contributed by atoms with Crippen LogP contribution >= 0.6 is 0 Å². The molecule has 3 rings (SSSR count). The van der Waals surface area contributed by atoms with Gasteiger partial charge in [0.25, 0.3) is 0 Å². The second-order valence-electron chi connectivity index (χ2n) is 4.65. The van der Waals surface area contributed by atoms with Gasteiger partial charge in [0.15, 0.2) is 11.8 Å². The molecule has 0 saturated heterocycles. The molecule has 2 aromatic heterocycles. The van der Waals surface area contributed by atoms with E-state index in [1.54, 1.807) is 0 Å². The van der Waals surface area contributed by atoms with Crippen LogP contribution in [0, 0.1) is 0 Å². The van der Waals surface area contributed by atoms with E-state index in [1.807, 2.05) is 24.5 Å². The molecule has 4 heteroatoms. The molecule has 1 aliphatic heterocycles. The van der Waals surface area contributed by atoms with Crippen LogP contribution < -0.4 is 20.6 Å². The summed E-state index contributed by atoms with van der Waals surface area (Å²) in [6, 6.07) is 8.33. The van der Waals surface area contributed by atoms with Crippen molar-refractivity contribution < 1.29 is 4.57 Å². The van der Waals surface area contributed by atoms with Gasteiger partial charge in [0.2, 0.25) is 0 Å². The van der Waals surface area contributed by atoms with Crippen molar-refractivity contribution >= 4 is 24.6 Å². The fraction of sp³-hybridized carbons (Fsp3) is 0.143. The molecule has 0 aliphatic carbocycles. The van der Waals surface area contributed by atoms with Crippen molar-refractivity contribution in [2.24, 2.45) is 7.05 Å². The fourth-order valence-corrected chi connectivity index (χ4v) is 2.40. The molecule has 0 radical (unpaired) electrons. The molecule has 0 bridgehead atoms. The molecule has 3 nitrogen and oxygen atoms in total. The van der Waals surface area contributed by atoms with E-state index in [1.165, 1.54) is 16.0 Å². The van der Waals surface area contributed by atoms with E-state index in [0.717, 1.165) is 0 Å². The molecule has 0 amide bonds. The van der Waals surface area contributed by atoms with Crippen LogP contribution in [0.4, 0.5) is 0 Å². The Kier molecular flexibility index (Phi) is 2.63. The average molecular weight is 236 g/mol. The van der Waals surface area contributed by atoms with Crippen molar-refractivity contribution in [2.75, 3.05) is 7.05 Å². The molecule has 88 valence electrons. The van der Waals surface area contributed by atoms with Crippen LogP contribution in [0.15, 0.2) is 42.9 Å². The van der Waals surface area contributed by atoms with E-state index >= 15 is 0 Å². The largest absolute Gasteiger partial charge is 0.411 e. The Hall–Kier alpha value is -2.10. The molecule has 18 heavy (non-hydrogen) atoms. The van der Waals surface area contributed by atoms with Gasteiger partial charge in [-0.25, -0.2) is 4.57 Å². The summed E-state index contributed by atoms with van der Waals surface area (Å²) >= 11 is 0. The van der Waals surface area contributed by atoms with Crippen molar-refractivity contribution in [3.05, 3.63) is 53.3 Å². The molecule has 0 N–H and O–H groups in total. The van der Waals surface area contributed by atoms with E-state index in [9.17, 15) is 0 Å². The van der Waals surface area contributed by atoms with Crippen LogP contribution in [-0.4, -0.2) is 23.7 Å². The Morgan fingerprint density at radius 2 is 2.11 bits per heavy atom. The van der Waals surface area contributed by atoms with E-state index in [2.05, 4.69) is 59.0 Å². The molecule has 0 aromatic carbocycles. The van der Waals surface area contributed by atoms with E-state index in [4.69, 9.17) is 0 Å². The lowest BCUT2D eigenvalue weighted by molar-refractivity contribution is -0.654. The molecular formula is C14H15BN3+.